The summed E-state index contributed by atoms with van der Waals surface area (Å²) in [5.74, 6) is -1.10. The zero-order chi connectivity index (χ0) is 13.0. The van der Waals surface area contributed by atoms with E-state index < -0.39 is 12.1 Å². The quantitative estimate of drug-likeness (QED) is 0.814. The van der Waals surface area contributed by atoms with Gasteiger partial charge < -0.3 is 15.2 Å². The van der Waals surface area contributed by atoms with E-state index in [0.29, 0.717) is 4.88 Å². The molecule has 1 aromatic rings. The van der Waals surface area contributed by atoms with Gasteiger partial charge >= 0.3 is 5.97 Å². The van der Waals surface area contributed by atoms with Crippen LogP contribution in [0.25, 0.3) is 0 Å². The molecule has 5 nitrogen and oxygen atoms in total. The summed E-state index contributed by atoms with van der Waals surface area (Å²) in [6.07, 6.45) is -1.34. The van der Waals surface area contributed by atoms with E-state index in [1.54, 1.807) is 6.07 Å². The highest BCUT2D eigenvalue weighted by Crippen LogP contribution is 2.27. The minimum absolute atomic E-state index is 0.167. The highest BCUT2D eigenvalue weighted by Gasteiger charge is 2.17. The summed E-state index contributed by atoms with van der Waals surface area (Å²) in [5.41, 5.74) is 0.966. The molecule has 7 heteroatoms. The molecule has 0 spiro atoms. The van der Waals surface area contributed by atoms with Gasteiger partial charge in [-0.2, -0.15) is 0 Å². The Hall–Kier alpha value is -0.920. The van der Waals surface area contributed by atoms with Crippen LogP contribution in [0.15, 0.2) is 9.85 Å². The van der Waals surface area contributed by atoms with E-state index >= 15 is 0 Å². The minimum Gasteiger partial charge on any atom is -0.467 e. The standard InChI is InChI=1S/C10H12BrNO4S/c1-5-3-7(17-8(5)11)9(14)12-4-6(13)10(15)16-2/h3,6,13H,4H2,1-2H3,(H,12,14). The fourth-order valence-corrected chi connectivity index (χ4v) is 2.52. The number of aliphatic hydroxyl groups excluding tert-OH is 1. The number of thiophene rings is 1. The van der Waals surface area contributed by atoms with Crippen LogP contribution in [0.2, 0.25) is 0 Å². The number of carbonyl (C=O) groups excluding carboxylic acids is 2. The first-order chi connectivity index (χ1) is 7.95. The monoisotopic (exact) mass is 321 g/mol. The van der Waals surface area contributed by atoms with Crippen molar-refractivity contribution in [2.24, 2.45) is 0 Å². The van der Waals surface area contributed by atoms with Crippen molar-refractivity contribution in [3.63, 3.8) is 0 Å². The van der Waals surface area contributed by atoms with Crippen LogP contribution in [0.5, 0.6) is 0 Å². The third-order valence-corrected chi connectivity index (χ3v) is 4.15. The molecule has 0 saturated heterocycles. The Labute approximate surface area is 111 Å². The molecule has 2 N–H and O–H groups in total. The van der Waals surface area contributed by atoms with Gasteiger partial charge in [-0.1, -0.05) is 0 Å². The Morgan fingerprint density at radius 2 is 2.29 bits per heavy atom. The van der Waals surface area contributed by atoms with Gasteiger partial charge in [0.15, 0.2) is 6.10 Å². The van der Waals surface area contributed by atoms with E-state index in [9.17, 15) is 14.7 Å². The maximum absolute atomic E-state index is 11.6. The molecule has 0 aromatic carbocycles. The lowest BCUT2D eigenvalue weighted by molar-refractivity contribution is -0.149. The molecule has 1 aromatic heterocycles. The van der Waals surface area contributed by atoms with Crippen LogP contribution in [0.1, 0.15) is 15.2 Å². The number of rotatable bonds is 4. The minimum atomic E-state index is -1.34. The highest BCUT2D eigenvalue weighted by molar-refractivity contribution is 9.11. The lowest BCUT2D eigenvalue weighted by atomic mass is 10.3. The smallest absolute Gasteiger partial charge is 0.336 e. The number of aryl methyl sites for hydroxylation is 1. The van der Waals surface area contributed by atoms with Crippen molar-refractivity contribution in [2.45, 2.75) is 13.0 Å². The molecular weight excluding hydrogens is 310 g/mol. The molecule has 0 radical (unpaired) electrons. The molecule has 1 heterocycles. The van der Waals surface area contributed by atoms with Gasteiger partial charge in [0.05, 0.1) is 22.3 Å². The van der Waals surface area contributed by atoms with E-state index in [0.717, 1.165) is 9.35 Å². The Morgan fingerprint density at radius 3 is 2.76 bits per heavy atom. The Morgan fingerprint density at radius 1 is 1.65 bits per heavy atom. The zero-order valence-electron chi connectivity index (χ0n) is 9.32. The fourth-order valence-electron chi connectivity index (χ4n) is 1.07. The molecule has 1 rings (SSSR count). The van der Waals surface area contributed by atoms with Crippen LogP contribution in [-0.4, -0.2) is 36.7 Å². The van der Waals surface area contributed by atoms with Gasteiger partial charge in [0.25, 0.3) is 5.91 Å². The number of halogens is 1. The van der Waals surface area contributed by atoms with Crippen LogP contribution in [0.4, 0.5) is 0 Å². The summed E-state index contributed by atoms with van der Waals surface area (Å²) < 4.78 is 5.21. The first-order valence-electron chi connectivity index (χ1n) is 4.75. The van der Waals surface area contributed by atoms with E-state index in [1.807, 2.05) is 6.92 Å². The number of aliphatic hydroxyl groups is 1. The van der Waals surface area contributed by atoms with Crippen molar-refractivity contribution in [1.82, 2.24) is 5.32 Å². The molecule has 0 aliphatic heterocycles. The highest BCUT2D eigenvalue weighted by atomic mass is 79.9. The SMILES string of the molecule is COC(=O)C(O)CNC(=O)c1cc(C)c(Br)s1. The lowest BCUT2D eigenvalue weighted by Gasteiger charge is -2.08. The first-order valence-corrected chi connectivity index (χ1v) is 6.36. The average Bonchev–Trinajstić information content (AvgIpc) is 2.65. The third-order valence-electron chi connectivity index (χ3n) is 2.01. The van der Waals surface area contributed by atoms with E-state index in [-0.39, 0.29) is 12.5 Å². The predicted molar refractivity (Wildman–Crippen MR) is 67.1 cm³/mol. The third kappa shape index (κ3) is 3.79. The van der Waals surface area contributed by atoms with E-state index in [1.165, 1.54) is 18.4 Å². The molecule has 1 unspecified atom stereocenters. The molecule has 17 heavy (non-hydrogen) atoms. The van der Waals surface area contributed by atoms with Crippen molar-refractivity contribution in [1.29, 1.82) is 0 Å². The fraction of sp³-hybridized carbons (Fsp3) is 0.400. The topological polar surface area (TPSA) is 75.6 Å². The maximum atomic E-state index is 11.6. The molecule has 1 amide bonds. The largest absolute Gasteiger partial charge is 0.467 e. The van der Waals surface area contributed by atoms with Crippen LogP contribution >= 0.6 is 27.3 Å². The molecule has 1 atom stereocenters. The van der Waals surface area contributed by atoms with Gasteiger partial charge in [-0.15, -0.1) is 11.3 Å². The Bertz CT molecular complexity index is 412. The number of ether oxygens (including phenoxy) is 1. The molecule has 0 fully saturated rings. The average molecular weight is 322 g/mol. The van der Waals surface area contributed by atoms with Gasteiger partial charge in [0.1, 0.15) is 0 Å². The van der Waals surface area contributed by atoms with Crippen molar-refractivity contribution in [3.05, 3.63) is 20.3 Å². The van der Waals surface area contributed by atoms with Crippen molar-refractivity contribution >= 4 is 39.1 Å². The summed E-state index contributed by atoms with van der Waals surface area (Å²) in [4.78, 5) is 23.1. The van der Waals surface area contributed by atoms with E-state index in [2.05, 4.69) is 26.0 Å². The van der Waals surface area contributed by atoms with Gasteiger partial charge in [-0.25, -0.2) is 4.79 Å². The number of amides is 1. The number of hydrogen-bond acceptors (Lipinski definition) is 5. The summed E-state index contributed by atoms with van der Waals surface area (Å²) >= 11 is 4.61. The predicted octanol–water partition coefficient (Wildman–Crippen LogP) is 1.08. The zero-order valence-corrected chi connectivity index (χ0v) is 11.7. The van der Waals surface area contributed by atoms with Crippen molar-refractivity contribution in [2.75, 3.05) is 13.7 Å². The number of esters is 1. The molecular formula is C10H12BrNO4S. The maximum Gasteiger partial charge on any atom is 0.336 e. The molecule has 0 bridgehead atoms. The van der Waals surface area contributed by atoms with Gasteiger partial charge in [0, 0.05) is 0 Å². The Balaban J connectivity index is 2.53. The Kier molecular flexibility index (Phi) is 5.10. The first kappa shape index (κ1) is 14.1. The van der Waals surface area contributed by atoms with Crippen LogP contribution in [0.3, 0.4) is 0 Å². The molecule has 0 aliphatic carbocycles. The van der Waals surface area contributed by atoms with E-state index in [4.69, 9.17) is 0 Å². The second-order valence-corrected chi connectivity index (χ2v) is 5.69. The molecule has 0 saturated carbocycles. The molecule has 94 valence electrons. The second kappa shape index (κ2) is 6.13. The summed E-state index contributed by atoms with van der Waals surface area (Å²) in [5, 5.41) is 11.7. The van der Waals surface area contributed by atoms with Crippen LogP contribution in [-0.2, 0) is 9.53 Å². The summed E-state index contributed by atoms with van der Waals surface area (Å²) in [6, 6.07) is 1.73. The normalized spacial score (nSPS) is 12.0. The number of nitrogens with one attached hydrogen (secondary N) is 1. The van der Waals surface area contributed by atoms with Crippen LogP contribution in [0, 0.1) is 6.92 Å². The number of carbonyl (C=O) groups is 2. The second-order valence-electron chi connectivity index (χ2n) is 3.32. The van der Waals surface area contributed by atoms with Gasteiger partial charge in [-0.05, 0) is 34.5 Å². The number of methoxy groups -OCH3 is 1. The van der Waals surface area contributed by atoms with Crippen molar-refractivity contribution < 1.29 is 19.4 Å². The van der Waals surface area contributed by atoms with Crippen LogP contribution < -0.4 is 5.32 Å². The summed E-state index contributed by atoms with van der Waals surface area (Å²) in [7, 11) is 1.17. The number of hydrogen-bond donors (Lipinski definition) is 2. The van der Waals surface area contributed by atoms with Crippen molar-refractivity contribution in [3.8, 4) is 0 Å². The summed E-state index contributed by atoms with van der Waals surface area (Å²) in [6.45, 7) is 1.71. The van der Waals surface area contributed by atoms with Gasteiger partial charge in [0.2, 0.25) is 0 Å². The van der Waals surface area contributed by atoms with Gasteiger partial charge in [-0.3, -0.25) is 4.79 Å². The lowest BCUT2D eigenvalue weighted by Crippen LogP contribution is -2.36. The molecule has 0 aliphatic rings.